The lowest BCUT2D eigenvalue weighted by Gasteiger charge is -2.07. The fourth-order valence-electron chi connectivity index (χ4n) is 2.40. The first-order valence-corrected chi connectivity index (χ1v) is 8.68. The average Bonchev–Trinajstić information content (AvgIpc) is 3.22. The maximum absolute atomic E-state index is 12.1. The van der Waals surface area contributed by atoms with E-state index >= 15 is 0 Å². The Labute approximate surface area is 169 Å². The number of nitro benzene ring substituents is 1. The first kappa shape index (κ1) is 19.8. The third kappa shape index (κ3) is 5.30. The Morgan fingerprint density at radius 1 is 1.03 bits per heavy atom. The summed E-state index contributed by atoms with van der Waals surface area (Å²) in [4.78, 5) is 34.5. The molecular weight excluding hydrogens is 398 g/mol. The molecule has 0 atom stereocenters. The highest BCUT2D eigenvalue weighted by Gasteiger charge is 2.12. The SMILES string of the molecule is O=C(C=Cc1ccc(Cl)c([N+](=O)[O-])c1)Nc1cccc(NC(=O)c2ccco2)c1. The van der Waals surface area contributed by atoms with Crippen LogP contribution in [0.2, 0.25) is 5.02 Å². The number of hydrogen-bond donors (Lipinski definition) is 2. The van der Waals surface area contributed by atoms with Gasteiger partial charge in [-0.15, -0.1) is 0 Å². The van der Waals surface area contributed by atoms with Crippen LogP contribution in [0.4, 0.5) is 17.1 Å². The molecule has 0 saturated heterocycles. The fourth-order valence-corrected chi connectivity index (χ4v) is 2.59. The first-order valence-electron chi connectivity index (χ1n) is 8.30. The average molecular weight is 412 g/mol. The third-order valence-corrected chi connectivity index (χ3v) is 4.05. The minimum absolute atomic E-state index is 0.0185. The summed E-state index contributed by atoms with van der Waals surface area (Å²) >= 11 is 5.76. The molecule has 0 spiro atoms. The molecule has 0 bridgehead atoms. The van der Waals surface area contributed by atoms with Crippen LogP contribution in [0.1, 0.15) is 16.1 Å². The molecule has 0 unspecified atom stereocenters. The summed E-state index contributed by atoms with van der Waals surface area (Å²) in [6.45, 7) is 0. The van der Waals surface area contributed by atoms with Gasteiger partial charge in [0.05, 0.1) is 11.2 Å². The van der Waals surface area contributed by atoms with Crippen LogP contribution in [0, 0.1) is 10.1 Å². The van der Waals surface area contributed by atoms with Crippen LogP contribution in [-0.4, -0.2) is 16.7 Å². The van der Waals surface area contributed by atoms with Gasteiger partial charge in [-0.2, -0.15) is 0 Å². The number of nitro groups is 1. The molecule has 8 nitrogen and oxygen atoms in total. The molecule has 0 saturated carbocycles. The Morgan fingerprint density at radius 3 is 2.48 bits per heavy atom. The summed E-state index contributed by atoms with van der Waals surface area (Å²) in [6, 6.07) is 13.9. The second-order valence-corrected chi connectivity index (χ2v) is 6.21. The maximum Gasteiger partial charge on any atom is 0.291 e. The molecule has 146 valence electrons. The van der Waals surface area contributed by atoms with Gasteiger partial charge in [-0.25, -0.2) is 0 Å². The van der Waals surface area contributed by atoms with Gasteiger partial charge < -0.3 is 15.1 Å². The van der Waals surface area contributed by atoms with E-state index in [-0.39, 0.29) is 16.5 Å². The lowest BCUT2D eigenvalue weighted by atomic mass is 10.2. The molecule has 3 aromatic rings. The van der Waals surface area contributed by atoms with Crippen molar-refractivity contribution < 1.29 is 18.9 Å². The van der Waals surface area contributed by atoms with Crippen LogP contribution in [0.5, 0.6) is 0 Å². The van der Waals surface area contributed by atoms with Gasteiger partial charge in [-0.3, -0.25) is 19.7 Å². The number of anilines is 2. The number of rotatable bonds is 6. The van der Waals surface area contributed by atoms with Crippen molar-refractivity contribution in [2.45, 2.75) is 0 Å². The highest BCUT2D eigenvalue weighted by molar-refractivity contribution is 6.32. The van der Waals surface area contributed by atoms with Crippen LogP contribution in [0.3, 0.4) is 0 Å². The highest BCUT2D eigenvalue weighted by Crippen LogP contribution is 2.25. The quantitative estimate of drug-likeness (QED) is 0.345. The molecule has 0 fully saturated rings. The molecule has 0 aliphatic carbocycles. The Hall–Kier alpha value is -3.91. The number of carbonyl (C=O) groups is 2. The fraction of sp³-hybridized carbons (Fsp3) is 0. The number of carbonyl (C=O) groups excluding carboxylic acids is 2. The molecule has 2 N–H and O–H groups in total. The zero-order chi connectivity index (χ0) is 20.8. The number of benzene rings is 2. The number of hydrogen-bond acceptors (Lipinski definition) is 5. The van der Waals surface area contributed by atoms with Crippen LogP contribution in [0.15, 0.2) is 71.4 Å². The van der Waals surface area contributed by atoms with Gasteiger partial charge >= 0.3 is 0 Å². The van der Waals surface area contributed by atoms with E-state index in [0.29, 0.717) is 16.9 Å². The monoisotopic (exact) mass is 411 g/mol. The summed E-state index contributed by atoms with van der Waals surface area (Å²) in [7, 11) is 0. The molecule has 0 aliphatic heterocycles. The largest absolute Gasteiger partial charge is 0.459 e. The van der Waals surface area contributed by atoms with Crippen molar-refractivity contribution in [1.29, 1.82) is 0 Å². The minimum atomic E-state index is -0.595. The molecule has 0 aliphatic rings. The Kier molecular flexibility index (Phi) is 6.06. The van der Waals surface area contributed by atoms with Crippen molar-refractivity contribution in [3.63, 3.8) is 0 Å². The number of nitrogens with zero attached hydrogens (tertiary/aromatic N) is 1. The van der Waals surface area contributed by atoms with Gasteiger partial charge in [0.25, 0.3) is 11.6 Å². The lowest BCUT2D eigenvalue weighted by Crippen LogP contribution is -2.12. The summed E-state index contributed by atoms with van der Waals surface area (Å²) in [5, 5.41) is 16.2. The smallest absolute Gasteiger partial charge is 0.291 e. The van der Waals surface area contributed by atoms with Crippen molar-refractivity contribution in [3.8, 4) is 0 Å². The van der Waals surface area contributed by atoms with Gasteiger partial charge in [0, 0.05) is 23.5 Å². The van der Waals surface area contributed by atoms with Gasteiger partial charge in [-0.1, -0.05) is 23.7 Å². The Bertz CT molecular complexity index is 1090. The Morgan fingerprint density at radius 2 is 1.79 bits per heavy atom. The van der Waals surface area contributed by atoms with E-state index in [4.69, 9.17) is 16.0 Å². The van der Waals surface area contributed by atoms with Gasteiger partial charge in [0.1, 0.15) is 5.02 Å². The molecule has 1 heterocycles. The van der Waals surface area contributed by atoms with Crippen molar-refractivity contribution in [3.05, 3.63) is 93.4 Å². The van der Waals surface area contributed by atoms with Crippen molar-refractivity contribution in [2.75, 3.05) is 10.6 Å². The van der Waals surface area contributed by atoms with Gasteiger partial charge in [0.15, 0.2) is 5.76 Å². The number of halogens is 1. The molecule has 0 radical (unpaired) electrons. The molecule has 2 amide bonds. The summed E-state index contributed by atoms with van der Waals surface area (Å²) < 4.78 is 5.03. The van der Waals surface area contributed by atoms with Crippen LogP contribution in [0.25, 0.3) is 6.08 Å². The zero-order valence-electron chi connectivity index (χ0n) is 14.8. The molecule has 9 heteroatoms. The molecule has 1 aromatic heterocycles. The van der Waals surface area contributed by atoms with Crippen molar-refractivity contribution >= 4 is 46.6 Å². The number of amides is 2. The number of furan rings is 1. The van der Waals surface area contributed by atoms with E-state index < -0.39 is 16.7 Å². The number of nitrogens with one attached hydrogen (secondary N) is 2. The maximum atomic E-state index is 12.1. The van der Waals surface area contributed by atoms with Crippen LogP contribution < -0.4 is 10.6 Å². The summed E-state index contributed by atoms with van der Waals surface area (Å²) in [5.41, 5.74) is 1.14. The Balaban J connectivity index is 1.65. The molecule has 3 rings (SSSR count). The highest BCUT2D eigenvalue weighted by atomic mass is 35.5. The minimum Gasteiger partial charge on any atom is -0.459 e. The molecular formula is C20H14ClN3O5. The van der Waals surface area contributed by atoms with Crippen LogP contribution in [-0.2, 0) is 4.79 Å². The van der Waals surface area contributed by atoms with E-state index in [0.717, 1.165) is 0 Å². The lowest BCUT2D eigenvalue weighted by molar-refractivity contribution is -0.384. The van der Waals surface area contributed by atoms with Gasteiger partial charge in [0.2, 0.25) is 5.91 Å². The van der Waals surface area contributed by atoms with Crippen molar-refractivity contribution in [1.82, 2.24) is 0 Å². The first-order chi connectivity index (χ1) is 13.9. The molecule has 2 aromatic carbocycles. The third-order valence-electron chi connectivity index (χ3n) is 3.73. The second kappa shape index (κ2) is 8.85. The zero-order valence-corrected chi connectivity index (χ0v) is 15.6. The van der Waals surface area contributed by atoms with E-state index in [9.17, 15) is 19.7 Å². The predicted octanol–water partition coefficient (Wildman–Crippen LogP) is 4.75. The van der Waals surface area contributed by atoms with Crippen molar-refractivity contribution in [2.24, 2.45) is 0 Å². The topological polar surface area (TPSA) is 114 Å². The summed E-state index contributed by atoms with van der Waals surface area (Å²) in [6.07, 6.45) is 4.06. The molecule has 29 heavy (non-hydrogen) atoms. The van der Waals surface area contributed by atoms with E-state index in [1.807, 2.05) is 0 Å². The van der Waals surface area contributed by atoms with E-state index in [1.54, 1.807) is 36.4 Å². The summed E-state index contributed by atoms with van der Waals surface area (Å²) in [5.74, 6) is -0.695. The van der Waals surface area contributed by atoms with E-state index in [1.165, 1.54) is 36.6 Å². The predicted molar refractivity (Wildman–Crippen MR) is 109 cm³/mol. The normalized spacial score (nSPS) is 10.7. The van der Waals surface area contributed by atoms with E-state index in [2.05, 4.69) is 10.6 Å². The standard InChI is InChI=1S/C20H14ClN3O5/c21-16-8-6-13(11-17(16)24(27)28)7-9-19(25)22-14-3-1-4-15(12-14)23-20(26)18-5-2-10-29-18/h1-12H,(H,22,25)(H,23,26). The van der Waals surface area contributed by atoms with Gasteiger partial charge in [-0.05, 0) is 48.0 Å². The van der Waals surface area contributed by atoms with Crippen LogP contribution >= 0.6 is 11.6 Å². The second-order valence-electron chi connectivity index (χ2n) is 5.80.